The van der Waals surface area contributed by atoms with Crippen molar-refractivity contribution in [3.63, 3.8) is 0 Å². The average Bonchev–Trinajstić information content (AvgIpc) is 3.44. The Labute approximate surface area is 234 Å². The van der Waals surface area contributed by atoms with Crippen LogP contribution in [0.15, 0.2) is 16.8 Å². The van der Waals surface area contributed by atoms with Crippen molar-refractivity contribution >= 4 is 23.4 Å². The van der Waals surface area contributed by atoms with Gasteiger partial charge in [-0.15, -0.1) is 0 Å². The van der Waals surface area contributed by atoms with Crippen LogP contribution in [0.1, 0.15) is 106 Å². The highest BCUT2D eigenvalue weighted by atomic mass is 16.7. The van der Waals surface area contributed by atoms with Gasteiger partial charge in [0, 0.05) is 37.4 Å². The lowest BCUT2D eigenvalue weighted by atomic mass is 9.46. The fourth-order valence-electron chi connectivity index (χ4n) is 9.35. The van der Waals surface area contributed by atoms with Crippen molar-refractivity contribution in [2.75, 3.05) is 13.1 Å². The molecule has 7 atom stereocenters. The largest absolute Gasteiger partial charge is 0.436 e. The Morgan fingerprint density at radius 2 is 1.85 bits per heavy atom. The van der Waals surface area contributed by atoms with Crippen LogP contribution >= 0.6 is 0 Å². The summed E-state index contributed by atoms with van der Waals surface area (Å²) in [6, 6.07) is -0.180. The summed E-state index contributed by atoms with van der Waals surface area (Å²) >= 11 is 0. The maximum Gasteiger partial charge on any atom is 0.436 e. The predicted molar refractivity (Wildman–Crippen MR) is 152 cm³/mol. The quantitative estimate of drug-likeness (QED) is 0.260. The summed E-state index contributed by atoms with van der Waals surface area (Å²) in [5, 5.41) is 7.69. The van der Waals surface area contributed by atoms with E-state index >= 15 is 0 Å². The lowest BCUT2D eigenvalue weighted by molar-refractivity contribution is -0.119. The first-order valence-corrected chi connectivity index (χ1v) is 15.4. The van der Waals surface area contributed by atoms with Gasteiger partial charge in [-0.1, -0.05) is 24.6 Å². The monoisotopic (exact) mass is 539 g/mol. The van der Waals surface area contributed by atoms with Gasteiger partial charge >= 0.3 is 6.09 Å². The standard InChI is InChI=1S/C32H49N3O4/c1-20(34-39-29(38)35(30(2,3)4)18-14-27-28(37)13-17-33-27)24-9-10-25-23-8-7-21-19-22(36)11-15-31(21,5)26(23)12-16-32(24,25)6/h19,23-27,33H,7-18H2,1-6H3/b34-20+/t23-,24+,25-,26-,27?,31-,32+/m0/s1. The van der Waals surface area contributed by atoms with Crippen LogP contribution in [0.25, 0.3) is 0 Å². The van der Waals surface area contributed by atoms with E-state index in [0.717, 1.165) is 31.4 Å². The molecule has 0 spiro atoms. The van der Waals surface area contributed by atoms with Crippen molar-refractivity contribution < 1.29 is 19.2 Å². The zero-order valence-corrected chi connectivity index (χ0v) is 25.0. The fourth-order valence-corrected chi connectivity index (χ4v) is 9.35. The molecular weight excluding hydrogens is 490 g/mol. The topological polar surface area (TPSA) is 88.1 Å². The summed E-state index contributed by atoms with van der Waals surface area (Å²) in [6.07, 6.45) is 11.3. The molecule has 0 radical (unpaired) electrons. The molecule has 0 aromatic rings. The molecule has 0 aromatic carbocycles. The second-order valence-electron chi connectivity index (χ2n) is 14.6. The normalized spacial score (nSPS) is 38.6. The SMILES string of the molecule is C/C(=N\OC(=O)N(CCC1NCCC1=O)C(C)(C)C)[C@H]1CC[C@H]2[C@@H]3CCC4=CC(=O)CC[C@]4(C)[C@H]3CC[C@]12C. The molecule has 0 aromatic heterocycles. The van der Waals surface area contributed by atoms with E-state index in [1.807, 2.05) is 33.8 Å². The fraction of sp³-hybridized carbons (Fsp3) is 0.812. The molecule has 39 heavy (non-hydrogen) atoms. The van der Waals surface area contributed by atoms with Gasteiger partial charge in [0.2, 0.25) is 0 Å². The van der Waals surface area contributed by atoms with Crippen LogP contribution in [0.3, 0.4) is 0 Å². The number of nitrogens with zero attached hydrogens (tertiary/aromatic N) is 2. The highest BCUT2D eigenvalue weighted by Crippen LogP contribution is 2.66. The molecule has 4 aliphatic carbocycles. The summed E-state index contributed by atoms with van der Waals surface area (Å²) in [5.41, 5.74) is 2.27. The van der Waals surface area contributed by atoms with Gasteiger partial charge < -0.3 is 10.2 Å². The minimum absolute atomic E-state index is 0.168. The lowest BCUT2D eigenvalue weighted by Gasteiger charge is -2.58. The minimum Gasteiger partial charge on any atom is -0.307 e. The summed E-state index contributed by atoms with van der Waals surface area (Å²) in [6.45, 7) is 14.1. The number of hydrogen-bond donors (Lipinski definition) is 1. The number of rotatable bonds is 5. The third-order valence-corrected chi connectivity index (χ3v) is 11.6. The van der Waals surface area contributed by atoms with Crippen LogP contribution in [0, 0.1) is 34.5 Å². The van der Waals surface area contributed by atoms with E-state index in [9.17, 15) is 14.4 Å². The number of nitrogens with one attached hydrogen (secondary N) is 1. The van der Waals surface area contributed by atoms with E-state index in [4.69, 9.17) is 4.84 Å². The molecule has 7 nitrogen and oxygen atoms in total. The van der Waals surface area contributed by atoms with Gasteiger partial charge in [0.15, 0.2) is 11.6 Å². The van der Waals surface area contributed by atoms with Gasteiger partial charge in [-0.25, -0.2) is 4.79 Å². The Morgan fingerprint density at radius 3 is 2.54 bits per heavy atom. The molecule has 1 saturated heterocycles. The van der Waals surface area contributed by atoms with Crippen LogP contribution in [0.2, 0.25) is 0 Å². The van der Waals surface area contributed by atoms with Crippen LogP contribution in [-0.4, -0.2) is 52.9 Å². The Kier molecular flexibility index (Phi) is 7.62. The number of amides is 1. The zero-order valence-electron chi connectivity index (χ0n) is 25.0. The van der Waals surface area contributed by atoms with Gasteiger partial charge in [0.05, 0.1) is 11.8 Å². The van der Waals surface area contributed by atoms with Crippen molar-refractivity contribution in [3.05, 3.63) is 11.6 Å². The highest BCUT2D eigenvalue weighted by Gasteiger charge is 2.59. The molecule has 3 saturated carbocycles. The summed E-state index contributed by atoms with van der Waals surface area (Å²) in [4.78, 5) is 44.7. The van der Waals surface area contributed by atoms with Crippen molar-refractivity contribution in [2.45, 2.75) is 117 Å². The second kappa shape index (κ2) is 10.4. The Balaban J connectivity index is 1.26. The van der Waals surface area contributed by atoms with E-state index in [0.29, 0.717) is 61.8 Å². The number of carbonyl (C=O) groups is 3. The number of oxime groups is 1. The summed E-state index contributed by atoms with van der Waals surface area (Å²) < 4.78 is 0. The minimum atomic E-state index is -0.443. The van der Waals surface area contributed by atoms with Gasteiger partial charge in [-0.2, -0.15) is 0 Å². The first-order chi connectivity index (χ1) is 18.3. The molecule has 1 unspecified atom stereocenters. The third kappa shape index (κ3) is 5.13. The van der Waals surface area contributed by atoms with Crippen LogP contribution in [0.4, 0.5) is 4.79 Å². The Bertz CT molecular complexity index is 1070. The average molecular weight is 540 g/mol. The first-order valence-electron chi connectivity index (χ1n) is 15.4. The molecule has 0 bridgehead atoms. The first kappa shape index (κ1) is 28.5. The highest BCUT2D eigenvalue weighted by molar-refractivity contribution is 5.91. The van der Waals surface area contributed by atoms with Crippen molar-refractivity contribution in [1.82, 2.24) is 10.2 Å². The number of allylic oxidation sites excluding steroid dienone is 1. The molecule has 5 rings (SSSR count). The van der Waals surface area contributed by atoms with Gasteiger partial charge in [-0.3, -0.25) is 14.4 Å². The number of fused-ring (bicyclic) bond motifs is 5. The molecule has 1 N–H and O–H groups in total. The smallest absolute Gasteiger partial charge is 0.307 e. The molecule has 5 aliphatic rings. The zero-order chi connectivity index (χ0) is 28.2. The van der Waals surface area contributed by atoms with Crippen molar-refractivity contribution in [1.29, 1.82) is 0 Å². The van der Waals surface area contributed by atoms with E-state index in [2.05, 4.69) is 24.3 Å². The third-order valence-electron chi connectivity index (χ3n) is 11.6. The molecule has 1 aliphatic heterocycles. The van der Waals surface area contributed by atoms with Crippen LogP contribution in [-0.2, 0) is 14.4 Å². The molecule has 1 heterocycles. The molecule has 216 valence electrons. The van der Waals surface area contributed by atoms with Crippen molar-refractivity contribution in [3.8, 4) is 0 Å². The van der Waals surface area contributed by atoms with Crippen molar-refractivity contribution in [2.24, 2.45) is 39.7 Å². The predicted octanol–water partition coefficient (Wildman–Crippen LogP) is 6.07. The lowest BCUT2D eigenvalue weighted by Crippen LogP contribution is -2.51. The van der Waals surface area contributed by atoms with E-state index in [-0.39, 0.29) is 22.7 Å². The Hall–Kier alpha value is -2.02. The van der Waals surface area contributed by atoms with Crippen LogP contribution in [0.5, 0.6) is 0 Å². The van der Waals surface area contributed by atoms with E-state index in [1.165, 1.54) is 24.8 Å². The summed E-state index contributed by atoms with van der Waals surface area (Å²) in [7, 11) is 0. The van der Waals surface area contributed by atoms with E-state index < -0.39 is 11.6 Å². The number of carbonyl (C=O) groups excluding carboxylic acids is 3. The van der Waals surface area contributed by atoms with E-state index in [1.54, 1.807) is 4.90 Å². The Morgan fingerprint density at radius 1 is 1.08 bits per heavy atom. The molecular formula is C32H49N3O4. The maximum absolute atomic E-state index is 13.2. The number of hydrogen-bond acceptors (Lipinski definition) is 6. The van der Waals surface area contributed by atoms with Gasteiger partial charge in [0.25, 0.3) is 0 Å². The molecule has 7 heteroatoms. The molecule has 1 amide bonds. The second-order valence-corrected chi connectivity index (χ2v) is 14.6. The summed E-state index contributed by atoms with van der Waals surface area (Å²) in [5.74, 6) is 2.87. The molecule has 4 fully saturated rings. The van der Waals surface area contributed by atoms with Gasteiger partial charge in [-0.05, 0) is 114 Å². The van der Waals surface area contributed by atoms with Gasteiger partial charge in [0.1, 0.15) is 0 Å². The maximum atomic E-state index is 13.2. The number of Topliss-reactive ketones (excluding diaryl/α,β-unsaturated/α-hetero) is 1. The van der Waals surface area contributed by atoms with Crippen LogP contribution < -0.4 is 5.32 Å². The number of ketones is 2.